The van der Waals surface area contributed by atoms with Gasteiger partial charge in [0.25, 0.3) is 0 Å². The standard InChI is InChI=1S/C13H27N3O2/c1-6-15(7-2)13(18)11-16(12(3)17)10-8-9-14(4)5/h6-11H2,1-5H3. The lowest BCUT2D eigenvalue weighted by Crippen LogP contribution is -2.42. The first-order valence-corrected chi connectivity index (χ1v) is 6.60. The number of hydrogen-bond donors (Lipinski definition) is 0. The number of amides is 2. The summed E-state index contributed by atoms with van der Waals surface area (Å²) in [4.78, 5) is 28.9. The van der Waals surface area contributed by atoms with E-state index in [1.54, 1.807) is 9.80 Å². The van der Waals surface area contributed by atoms with Crippen molar-refractivity contribution >= 4 is 11.8 Å². The van der Waals surface area contributed by atoms with E-state index in [0.717, 1.165) is 13.0 Å². The van der Waals surface area contributed by atoms with Crippen LogP contribution >= 0.6 is 0 Å². The number of likely N-dealkylation sites (N-methyl/N-ethyl adjacent to an activating group) is 1. The van der Waals surface area contributed by atoms with Gasteiger partial charge in [-0.05, 0) is 40.9 Å². The molecule has 5 nitrogen and oxygen atoms in total. The number of hydrogen-bond acceptors (Lipinski definition) is 3. The van der Waals surface area contributed by atoms with Crippen molar-refractivity contribution in [3.8, 4) is 0 Å². The fourth-order valence-corrected chi connectivity index (χ4v) is 1.77. The van der Waals surface area contributed by atoms with E-state index in [1.165, 1.54) is 6.92 Å². The van der Waals surface area contributed by atoms with Gasteiger partial charge in [-0.15, -0.1) is 0 Å². The minimum absolute atomic E-state index is 0.0278. The Morgan fingerprint density at radius 3 is 1.89 bits per heavy atom. The van der Waals surface area contributed by atoms with E-state index in [9.17, 15) is 9.59 Å². The van der Waals surface area contributed by atoms with Gasteiger partial charge >= 0.3 is 0 Å². The Morgan fingerprint density at radius 1 is 0.944 bits per heavy atom. The first kappa shape index (κ1) is 16.9. The predicted octanol–water partition coefficient (Wildman–Crippen LogP) is 0.655. The summed E-state index contributed by atoms with van der Waals surface area (Å²) < 4.78 is 0. The summed E-state index contributed by atoms with van der Waals surface area (Å²) in [5.41, 5.74) is 0. The first-order valence-electron chi connectivity index (χ1n) is 6.60. The van der Waals surface area contributed by atoms with Gasteiger partial charge in [-0.25, -0.2) is 0 Å². The van der Waals surface area contributed by atoms with Crippen molar-refractivity contribution in [1.82, 2.24) is 14.7 Å². The molecule has 106 valence electrons. The van der Waals surface area contributed by atoms with Crippen molar-refractivity contribution < 1.29 is 9.59 Å². The van der Waals surface area contributed by atoms with Crippen LogP contribution in [0, 0.1) is 0 Å². The van der Waals surface area contributed by atoms with Gasteiger partial charge in [0, 0.05) is 26.6 Å². The van der Waals surface area contributed by atoms with Gasteiger partial charge in [-0.3, -0.25) is 9.59 Å². The Morgan fingerprint density at radius 2 is 1.50 bits per heavy atom. The molecule has 0 fully saturated rings. The molecule has 0 aliphatic heterocycles. The van der Waals surface area contributed by atoms with Crippen LogP contribution in [0.1, 0.15) is 27.2 Å². The molecular weight excluding hydrogens is 230 g/mol. The lowest BCUT2D eigenvalue weighted by atomic mass is 10.3. The topological polar surface area (TPSA) is 43.9 Å². The minimum atomic E-state index is -0.0331. The number of carbonyl (C=O) groups is 2. The minimum Gasteiger partial charge on any atom is -0.342 e. The maximum absolute atomic E-state index is 11.9. The highest BCUT2D eigenvalue weighted by molar-refractivity contribution is 5.83. The average Bonchev–Trinajstić information content (AvgIpc) is 2.28. The Hall–Kier alpha value is -1.10. The molecule has 0 aromatic rings. The molecule has 2 amide bonds. The summed E-state index contributed by atoms with van der Waals surface area (Å²) in [6.07, 6.45) is 0.887. The van der Waals surface area contributed by atoms with Crippen molar-refractivity contribution in [2.24, 2.45) is 0 Å². The average molecular weight is 257 g/mol. The highest BCUT2D eigenvalue weighted by Crippen LogP contribution is 1.98. The third kappa shape index (κ3) is 6.59. The Balaban J connectivity index is 4.26. The second-order valence-corrected chi connectivity index (χ2v) is 4.66. The lowest BCUT2D eigenvalue weighted by Gasteiger charge is -2.25. The molecule has 0 radical (unpaired) electrons. The molecule has 5 heteroatoms. The molecule has 0 aromatic carbocycles. The summed E-state index contributed by atoms with van der Waals surface area (Å²) in [7, 11) is 4.00. The highest BCUT2D eigenvalue weighted by atomic mass is 16.2. The zero-order valence-corrected chi connectivity index (χ0v) is 12.4. The normalized spacial score (nSPS) is 10.6. The molecule has 0 spiro atoms. The maximum atomic E-state index is 11.9. The summed E-state index contributed by atoms with van der Waals surface area (Å²) in [5, 5.41) is 0. The summed E-state index contributed by atoms with van der Waals surface area (Å²) in [6, 6.07) is 0. The first-order chi connectivity index (χ1) is 8.42. The summed E-state index contributed by atoms with van der Waals surface area (Å²) in [6.45, 7) is 8.56. The maximum Gasteiger partial charge on any atom is 0.242 e. The van der Waals surface area contributed by atoms with Crippen LogP contribution in [0.5, 0.6) is 0 Å². The Labute approximate surface area is 111 Å². The molecule has 0 N–H and O–H groups in total. The van der Waals surface area contributed by atoms with Crippen LogP contribution in [0.25, 0.3) is 0 Å². The van der Waals surface area contributed by atoms with Crippen LogP contribution in [-0.4, -0.2) is 73.3 Å². The van der Waals surface area contributed by atoms with Crippen molar-refractivity contribution in [3.63, 3.8) is 0 Å². The molecule has 0 bridgehead atoms. The van der Waals surface area contributed by atoms with Crippen LogP contribution in [0.3, 0.4) is 0 Å². The summed E-state index contributed by atoms with van der Waals surface area (Å²) >= 11 is 0. The second-order valence-electron chi connectivity index (χ2n) is 4.66. The fraction of sp³-hybridized carbons (Fsp3) is 0.846. The molecule has 0 aliphatic carbocycles. The van der Waals surface area contributed by atoms with Gasteiger partial charge in [0.15, 0.2) is 0 Å². The number of nitrogens with zero attached hydrogens (tertiary/aromatic N) is 3. The quantitative estimate of drug-likeness (QED) is 0.641. The molecule has 0 aliphatic rings. The van der Waals surface area contributed by atoms with Gasteiger partial charge in [0.2, 0.25) is 11.8 Å². The van der Waals surface area contributed by atoms with Crippen molar-refractivity contribution in [3.05, 3.63) is 0 Å². The van der Waals surface area contributed by atoms with E-state index in [4.69, 9.17) is 0 Å². The molecular formula is C13H27N3O2. The molecule has 0 rings (SSSR count). The Bertz CT molecular complexity index is 263. The molecule has 0 unspecified atom stereocenters. The molecule has 0 heterocycles. The lowest BCUT2D eigenvalue weighted by molar-refractivity contribution is -0.139. The van der Waals surface area contributed by atoms with E-state index in [1.807, 2.05) is 27.9 Å². The van der Waals surface area contributed by atoms with Gasteiger partial charge in [0.05, 0.1) is 6.54 Å². The third-order valence-corrected chi connectivity index (χ3v) is 2.92. The van der Waals surface area contributed by atoms with Gasteiger partial charge in [-0.2, -0.15) is 0 Å². The van der Waals surface area contributed by atoms with Gasteiger partial charge in [-0.1, -0.05) is 0 Å². The SMILES string of the molecule is CCN(CC)C(=O)CN(CCCN(C)C)C(C)=O. The van der Waals surface area contributed by atoms with Crippen LogP contribution in [0.15, 0.2) is 0 Å². The van der Waals surface area contributed by atoms with Crippen LogP contribution in [0.2, 0.25) is 0 Å². The van der Waals surface area contributed by atoms with E-state index in [-0.39, 0.29) is 18.4 Å². The largest absolute Gasteiger partial charge is 0.342 e. The monoisotopic (exact) mass is 257 g/mol. The number of carbonyl (C=O) groups excluding carboxylic acids is 2. The molecule has 0 aromatic heterocycles. The van der Waals surface area contributed by atoms with Crippen LogP contribution in [-0.2, 0) is 9.59 Å². The number of rotatable bonds is 8. The molecule has 0 saturated carbocycles. The van der Waals surface area contributed by atoms with Gasteiger partial charge in [0.1, 0.15) is 0 Å². The van der Waals surface area contributed by atoms with Crippen molar-refractivity contribution in [1.29, 1.82) is 0 Å². The molecule has 0 atom stereocenters. The van der Waals surface area contributed by atoms with Crippen molar-refractivity contribution in [2.75, 3.05) is 46.8 Å². The highest BCUT2D eigenvalue weighted by Gasteiger charge is 2.16. The fourth-order valence-electron chi connectivity index (χ4n) is 1.77. The molecule has 0 saturated heterocycles. The van der Waals surface area contributed by atoms with E-state index in [2.05, 4.69) is 4.90 Å². The summed E-state index contributed by atoms with van der Waals surface area (Å²) in [5.74, 6) is -0.00526. The smallest absolute Gasteiger partial charge is 0.242 e. The molecule has 18 heavy (non-hydrogen) atoms. The Kier molecular flexibility index (Phi) is 8.37. The van der Waals surface area contributed by atoms with E-state index in [0.29, 0.717) is 19.6 Å². The van der Waals surface area contributed by atoms with Crippen LogP contribution in [0.4, 0.5) is 0 Å². The van der Waals surface area contributed by atoms with Crippen LogP contribution < -0.4 is 0 Å². The zero-order valence-electron chi connectivity index (χ0n) is 12.4. The van der Waals surface area contributed by atoms with Crippen molar-refractivity contribution in [2.45, 2.75) is 27.2 Å². The third-order valence-electron chi connectivity index (χ3n) is 2.92. The van der Waals surface area contributed by atoms with E-state index < -0.39 is 0 Å². The second kappa shape index (κ2) is 8.91. The van der Waals surface area contributed by atoms with Gasteiger partial charge < -0.3 is 14.7 Å². The zero-order chi connectivity index (χ0) is 14.1. The predicted molar refractivity (Wildman–Crippen MR) is 73.4 cm³/mol. The van der Waals surface area contributed by atoms with E-state index >= 15 is 0 Å².